The van der Waals surface area contributed by atoms with E-state index >= 15 is 0 Å². The summed E-state index contributed by atoms with van der Waals surface area (Å²) in [5.74, 6) is -2.15. The highest BCUT2D eigenvalue weighted by molar-refractivity contribution is 5.94. The number of benzene rings is 2. The highest BCUT2D eigenvalue weighted by Gasteiger charge is 2.41. The van der Waals surface area contributed by atoms with Crippen molar-refractivity contribution in [2.45, 2.75) is 19.6 Å². The molecule has 0 saturated heterocycles. The van der Waals surface area contributed by atoms with E-state index < -0.39 is 35.1 Å². The van der Waals surface area contributed by atoms with E-state index in [1.165, 1.54) is 50.4 Å². The van der Waals surface area contributed by atoms with Gasteiger partial charge in [-0.2, -0.15) is 18.3 Å². The number of nitrogens with one attached hydrogen (secondary N) is 1. The summed E-state index contributed by atoms with van der Waals surface area (Å²) in [6.07, 6.45) is -4.09. The van der Waals surface area contributed by atoms with Crippen molar-refractivity contribution in [2.75, 3.05) is 13.7 Å². The number of halogens is 4. The molecule has 0 atom stereocenters. The number of esters is 1. The van der Waals surface area contributed by atoms with E-state index in [1.54, 1.807) is 6.07 Å². The summed E-state index contributed by atoms with van der Waals surface area (Å²) >= 11 is 0. The van der Waals surface area contributed by atoms with Crippen LogP contribution in [-0.2, 0) is 17.5 Å². The number of rotatable bonds is 7. The largest absolute Gasteiger partial charge is 0.494 e. The van der Waals surface area contributed by atoms with Gasteiger partial charge >= 0.3 is 12.1 Å². The molecule has 0 radical (unpaired) electrons. The van der Waals surface area contributed by atoms with Crippen LogP contribution in [0.1, 0.15) is 38.9 Å². The molecule has 3 rings (SSSR count). The van der Waals surface area contributed by atoms with Gasteiger partial charge in [-0.1, -0.05) is 6.07 Å². The number of alkyl halides is 3. The van der Waals surface area contributed by atoms with Crippen LogP contribution in [0.2, 0.25) is 0 Å². The number of methoxy groups -OCH3 is 1. The van der Waals surface area contributed by atoms with Crippen LogP contribution in [0.15, 0.2) is 48.7 Å². The Balaban J connectivity index is 1.78. The van der Waals surface area contributed by atoms with E-state index in [0.29, 0.717) is 10.2 Å². The van der Waals surface area contributed by atoms with Crippen LogP contribution in [0.25, 0.3) is 5.69 Å². The van der Waals surface area contributed by atoms with E-state index in [-0.39, 0.29) is 30.2 Å². The maximum absolute atomic E-state index is 13.8. The molecule has 0 spiro atoms. The zero-order chi connectivity index (χ0) is 24.2. The second-order valence-corrected chi connectivity index (χ2v) is 6.74. The normalized spacial score (nSPS) is 11.2. The van der Waals surface area contributed by atoms with Crippen LogP contribution >= 0.6 is 0 Å². The first-order valence-corrected chi connectivity index (χ1v) is 9.69. The molecule has 33 heavy (non-hydrogen) atoms. The van der Waals surface area contributed by atoms with Gasteiger partial charge in [0.05, 0.1) is 25.6 Å². The van der Waals surface area contributed by atoms with Gasteiger partial charge in [0.2, 0.25) is 0 Å². The lowest BCUT2D eigenvalue weighted by Gasteiger charge is -2.13. The highest BCUT2D eigenvalue weighted by Crippen LogP contribution is 2.34. The molecular formula is C22H19F4N3O4. The fourth-order valence-electron chi connectivity index (χ4n) is 3.03. The number of carbonyl (C=O) groups excluding carboxylic acids is 2. The minimum absolute atomic E-state index is 0.00773. The third-order valence-electron chi connectivity index (χ3n) is 4.58. The minimum Gasteiger partial charge on any atom is -0.494 e. The molecule has 174 valence electrons. The van der Waals surface area contributed by atoms with E-state index in [0.717, 1.165) is 6.20 Å². The Morgan fingerprint density at radius 2 is 1.82 bits per heavy atom. The Morgan fingerprint density at radius 1 is 1.12 bits per heavy atom. The Hall–Kier alpha value is -3.89. The first-order chi connectivity index (χ1) is 15.7. The molecule has 0 aliphatic heterocycles. The van der Waals surface area contributed by atoms with E-state index in [1.807, 2.05) is 0 Å². The summed E-state index contributed by atoms with van der Waals surface area (Å²) in [6, 6.07) is 9.38. The van der Waals surface area contributed by atoms with Gasteiger partial charge in [0.15, 0.2) is 17.3 Å². The van der Waals surface area contributed by atoms with Gasteiger partial charge < -0.3 is 14.8 Å². The average molecular weight is 465 g/mol. The lowest BCUT2D eigenvalue weighted by Crippen LogP contribution is -2.23. The predicted octanol–water partition coefficient (Wildman–Crippen LogP) is 4.15. The molecule has 0 aliphatic carbocycles. The van der Waals surface area contributed by atoms with Crippen molar-refractivity contribution in [1.82, 2.24) is 15.1 Å². The summed E-state index contributed by atoms with van der Waals surface area (Å²) in [4.78, 5) is 24.3. The number of amides is 1. The summed E-state index contributed by atoms with van der Waals surface area (Å²) < 4.78 is 64.6. The van der Waals surface area contributed by atoms with Crippen LogP contribution in [0.3, 0.4) is 0 Å². The Labute approximate surface area is 185 Å². The number of nitrogens with zero attached hydrogens (tertiary/aromatic N) is 2. The maximum Gasteiger partial charge on any atom is 0.434 e. The summed E-state index contributed by atoms with van der Waals surface area (Å²) in [7, 11) is 1.34. The standard InChI is InChI=1S/C22H19F4N3O4/c1-3-33-21(31)16-12-28-29(19(16)22(24,25)26)15-7-5-14(6-8-15)20(30)27-11-13-4-9-18(32-2)17(23)10-13/h4-10,12H,3,11H2,1-2H3,(H,27,30). The molecule has 7 nitrogen and oxygen atoms in total. The molecule has 1 N–H and O–H groups in total. The van der Waals surface area contributed by atoms with Crippen LogP contribution in [-0.4, -0.2) is 35.4 Å². The third kappa shape index (κ3) is 5.30. The smallest absolute Gasteiger partial charge is 0.434 e. The maximum atomic E-state index is 13.8. The highest BCUT2D eigenvalue weighted by atomic mass is 19.4. The van der Waals surface area contributed by atoms with Gasteiger partial charge in [0.25, 0.3) is 5.91 Å². The molecule has 0 saturated carbocycles. The van der Waals surface area contributed by atoms with Crippen molar-refractivity contribution < 1.29 is 36.6 Å². The molecule has 1 heterocycles. The van der Waals surface area contributed by atoms with E-state index in [2.05, 4.69) is 15.2 Å². The fraction of sp³-hybridized carbons (Fsp3) is 0.227. The Morgan fingerprint density at radius 3 is 2.39 bits per heavy atom. The molecule has 11 heteroatoms. The molecule has 2 aromatic carbocycles. The lowest BCUT2D eigenvalue weighted by atomic mass is 10.1. The van der Waals surface area contributed by atoms with Gasteiger partial charge in [0, 0.05) is 12.1 Å². The predicted molar refractivity (Wildman–Crippen MR) is 109 cm³/mol. The molecule has 0 bridgehead atoms. The Kier molecular flexibility index (Phi) is 7.00. The SMILES string of the molecule is CCOC(=O)c1cnn(-c2ccc(C(=O)NCc3ccc(OC)c(F)c3)cc2)c1C(F)(F)F. The van der Waals surface area contributed by atoms with Crippen LogP contribution in [0.4, 0.5) is 17.6 Å². The average Bonchev–Trinajstić information content (AvgIpc) is 3.24. The quantitative estimate of drug-likeness (QED) is 0.419. The van der Waals surface area contributed by atoms with Crippen LogP contribution in [0.5, 0.6) is 5.75 Å². The van der Waals surface area contributed by atoms with Crippen molar-refractivity contribution in [3.63, 3.8) is 0 Å². The van der Waals surface area contributed by atoms with Gasteiger partial charge in [-0.25, -0.2) is 13.9 Å². The second kappa shape index (κ2) is 9.72. The number of aromatic nitrogens is 2. The van der Waals surface area contributed by atoms with Crippen molar-refractivity contribution in [2.24, 2.45) is 0 Å². The zero-order valence-electron chi connectivity index (χ0n) is 17.6. The molecule has 1 aromatic heterocycles. The third-order valence-corrected chi connectivity index (χ3v) is 4.58. The van der Waals surface area contributed by atoms with Crippen molar-refractivity contribution in [3.8, 4) is 11.4 Å². The van der Waals surface area contributed by atoms with Crippen molar-refractivity contribution >= 4 is 11.9 Å². The first kappa shape index (κ1) is 23.8. The monoisotopic (exact) mass is 465 g/mol. The number of hydrogen-bond donors (Lipinski definition) is 1. The van der Waals surface area contributed by atoms with Crippen LogP contribution < -0.4 is 10.1 Å². The van der Waals surface area contributed by atoms with Crippen LogP contribution in [0, 0.1) is 5.82 Å². The second-order valence-electron chi connectivity index (χ2n) is 6.74. The first-order valence-electron chi connectivity index (χ1n) is 9.69. The number of ether oxygens (including phenoxy) is 2. The summed E-state index contributed by atoms with van der Waals surface area (Å²) in [6.45, 7) is 1.42. The minimum atomic E-state index is -4.87. The van der Waals surface area contributed by atoms with Gasteiger partial charge in [-0.15, -0.1) is 0 Å². The summed E-state index contributed by atoms with van der Waals surface area (Å²) in [5, 5.41) is 6.28. The Bertz CT molecular complexity index is 1160. The van der Waals surface area contributed by atoms with E-state index in [4.69, 9.17) is 4.74 Å². The summed E-state index contributed by atoms with van der Waals surface area (Å²) in [5.41, 5.74) is -1.33. The molecule has 1 amide bonds. The molecule has 0 aliphatic rings. The lowest BCUT2D eigenvalue weighted by molar-refractivity contribution is -0.143. The van der Waals surface area contributed by atoms with Crippen molar-refractivity contribution in [3.05, 3.63) is 76.9 Å². The topological polar surface area (TPSA) is 82.5 Å². The van der Waals surface area contributed by atoms with Gasteiger partial charge in [-0.3, -0.25) is 4.79 Å². The molecule has 0 fully saturated rings. The van der Waals surface area contributed by atoms with Gasteiger partial charge in [-0.05, 0) is 48.9 Å². The van der Waals surface area contributed by atoms with Crippen molar-refractivity contribution in [1.29, 1.82) is 0 Å². The fourth-order valence-corrected chi connectivity index (χ4v) is 3.03. The molecule has 3 aromatic rings. The zero-order valence-corrected chi connectivity index (χ0v) is 17.6. The van der Waals surface area contributed by atoms with E-state index in [9.17, 15) is 27.2 Å². The molecular weight excluding hydrogens is 446 g/mol. The number of carbonyl (C=O) groups is 2. The number of hydrogen-bond acceptors (Lipinski definition) is 5. The van der Waals surface area contributed by atoms with Gasteiger partial charge in [0.1, 0.15) is 5.56 Å². The molecule has 0 unspecified atom stereocenters.